The van der Waals surface area contributed by atoms with Gasteiger partial charge in [-0.05, 0) is 61.7 Å². The highest BCUT2D eigenvalue weighted by Crippen LogP contribution is 2.32. The van der Waals surface area contributed by atoms with E-state index in [0.29, 0.717) is 30.7 Å². The molecule has 8 nitrogen and oxygen atoms in total. The fourth-order valence-corrected chi connectivity index (χ4v) is 4.64. The summed E-state index contributed by atoms with van der Waals surface area (Å²) in [4.78, 5) is 42.8. The Morgan fingerprint density at radius 3 is 2.62 bits per heavy atom. The van der Waals surface area contributed by atoms with E-state index >= 15 is 0 Å². The summed E-state index contributed by atoms with van der Waals surface area (Å²) in [7, 11) is 0. The molecule has 0 spiro atoms. The van der Waals surface area contributed by atoms with E-state index in [4.69, 9.17) is 4.74 Å². The van der Waals surface area contributed by atoms with E-state index in [-0.39, 0.29) is 35.6 Å². The number of amides is 3. The number of carbonyl (C=O) groups is 3. The summed E-state index contributed by atoms with van der Waals surface area (Å²) in [5.41, 5.74) is 5.47. The van der Waals surface area contributed by atoms with Gasteiger partial charge in [-0.2, -0.15) is 0 Å². The fourth-order valence-electron chi connectivity index (χ4n) is 4.64. The summed E-state index contributed by atoms with van der Waals surface area (Å²) in [5.74, 6) is -0.611. The van der Waals surface area contributed by atoms with Crippen LogP contribution < -0.4 is 20.5 Å². The van der Waals surface area contributed by atoms with Gasteiger partial charge in [0.2, 0.25) is 11.8 Å². The van der Waals surface area contributed by atoms with Crippen LogP contribution in [-0.4, -0.2) is 22.7 Å². The Labute approximate surface area is 215 Å². The van der Waals surface area contributed by atoms with Crippen LogP contribution >= 0.6 is 0 Å². The van der Waals surface area contributed by atoms with Gasteiger partial charge in [0.15, 0.2) is 0 Å². The monoisotopic (exact) mass is 496 g/mol. The summed E-state index contributed by atoms with van der Waals surface area (Å²) in [6, 6.07) is 17.8. The number of carbonyl (C=O) groups excluding carboxylic acids is 3. The van der Waals surface area contributed by atoms with Crippen LogP contribution in [0.4, 0.5) is 5.69 Å². The molecule has 1 aliphatic carbocycles. The molecule has 1 fully saturated rings. The molecule has 2 aliphatic rings. The summed E-state index contributed by atoms with van der Waals surface area (Å²) < 4.78 is 5.80. The van der Waals surface area contributed by atoms with Crippen LogP contribution in [0, 0.1) is 11.8 Å². The molecular formula is C29H28N4O4. The first-order valence-electron chi connectivity index (χ1n) is 12.3. The summed E-state index contributed by atoms with van der Waals surface area (Å²) in [6.45, 7) is 2.33. The van der Waals surface area contributed by atoms with E-state index in [1.165, 1.54) is 5.01 Å². The maximum absolute atomic E-state index is 13.1. The summed E-state index contributed by atoms with van der Waals surface area (Å²) in [6.07, 6.45) is 8.48. The van der Waals surface area contributed by atoms with E-state index in [1.807, 2.05) is 55.5 Å². The minimum Gasteiger partial charge on any atom is -0.489 e. The van der Waals surface area contributed by atoms with Crippen molar-refractivity contribution in [2.45, 2.75) is 32.4 Å². The molecule has 0 bridgehead atoms. The molecule has 2 N–H and O–H groups in total. The van der Waals surface area contributed by atoms with Gasteiger partial charge < -0.3 is 10.1 Å². The third-order valence-corrected chi connectivity index (χ3v) is 6.75. The van der Waals surface area contributed by atoms with E-state index in [2.05, 4.69) is 15.7 Å². The Morgan fingerprint density at radius 2 is 1.86 bits per heavy atom. The van der Waals surface area contributed by atoms with Crippen LogP contribution in [0.3, 0.4) is 0 Å². The average Bonchev–Trinajstić information content (AvgIpc) is 2.94. The Hall–Kier alpha value is -4.46. The number of fused-ring (bicyclic) bond motifs is 1. The Balaban J connectivity index is 1.22. The van der Waals surface area contributed by atoms with Gasteiger partial charge in [0, 0.05) is 23.5 Å². The zero-order chi connectivity index (χ0) is 25.8. The van der Waals surface area contributed by atoms with E-state index in [9.17, 15) is 14.4 Å². The van der Waals surface area contributed by atoms with Gasteiger partial charge in [-0.1, -0.05) is 36.4 Å². The number of hydrogen-bond donors (Lipinski definition) is 2. The first-order valence-corrected chi connectivity index (χ1v) is 12.3. The van der Waals surface area contributed by atoms with Crippen molar-refractivity contribution in [3.8, 4) is 5.75 Å². The largest absolute Gasteiger partial charge is 0.489 e. The van der Waals surface area contributed by atoms with Crippen molar-refractivity contribution >= 4 is 23.4 Å². The Bertz CT molecular complexity index is 1320. The van der Waals surface area contributed by atoms with Gasteiger partial charge in [0.1, 0.15) is 12.4 Å². The van der Waals surface area contributed by atoms with Gasteiger partial charge in [-0.3, -0.25) is 24.8 Å². The molecule has 1 aliphatic heterocycles. The number of hydrazine groups is 1. The van der Waals surface area contributed by atoms with Crippen molar-refractivity contribution in [3.05, 3.63) is 102 Å². The summed E-state index contributed by atoms with van der Waals surface area (Å²) in [5, 5.41) is 4.27. The number of ether oxygens (including phenoxy) is 1. The number of benzene rings is 2. The quantitative estimate of drug-likeness (QED) is 0.480. The number of anilines is 1. The highest BCUT2D eigenvalue weighted by Gasteiger charge is 2.42. The van der Waals surface area contributed by atoms with Crippen LogP contribution in [-0.2, 0) is 16.2 Å². The van der Waals surface area contributed by atoms with Crippen molar-refractivity contribution in [2.75, 3.05) is 5.01 Å². The second-order valence-corrected chi connectivity index (χ2v) is 9.27. The third kappa shape index (κ3) is 5.38. The fraction of sp³-hybridized carbons (Fsp3) is 0.241. The normalized spacial score (nSPS) is 19.5. The molecule has 2 heterocycles. The molecule has 188 valence electrons. The molecule has 37 heavy (non-hydrogen) atoms. The highest BCUT2D eigenvalue weighted by atomic mass is 16.5. The van der Waals surface area contributed by atoms with E-state index in [0.717, 1.165) is 16.9 Å². The van der Waals surface area contributed by atoms with Crippen molar-refractivity contribution in [3.63, 3.8) is 0 Å². The van der Waals surface area contributed by atoms with Crippen molar-refractivity contribution in [1.82, 2.24) is 15.7 Å². The van der Waals surface area contributed by atoms with Gasteiger partial charge in [-0.25, -0.2) is 5.01 Å². The Kier molecular flexibility index (Phi) is 6.98. The number of pyridine rings is 1. The minimum absolute atomic E-state index is 0.161. The average molecular weight is 497 g/mol. The lowest BCUT2D eigenvalue weighted by Crippen LogP contribution is -2.59. The standard InChI is InChI=1S/C29H28N4O4/c1-19(21-11-13-24(14-12-21)37-18-20-6-5-15-30-17-20)31-27(34)22-7-4-8-23(16-22)33-29(36)26-10-3-2-9-25(26)28(35)32-33/h2-8,11-17,19,25-26H,9-10,18H2,1H3,(H,31,34)(H,32,35). The molecule has 8 heteroatoms. The predicted octanol–water partition coefficient (Wildman–Crippen LogP) is 4.11. The second-order valence-electron chi connectivity index (χ2n) is 9.27. The number of hydrogen-bond acceptors (Lipinski definition) is 5. The van der Waals surface area contributed by atoms with Crippen LogP contribution in [0.5, 0.6) is 5.75 Å². The summed E-state index contributed by atoms with van der Waals surface area (Å²) >= 11 is 0. The van der Waals surface area contributed by atoms with Gasteiger partial charge in [0.25, 0.3) is 5.91 Å². The van der Waals surface area contributed by atoms with Crippen molar-refractivity contribution < 1.29 is 19.1 Å². The first-order chi connectivity index (χ1) is 18.0. The highest BCUT2D eigenvalue weighted by molar-refractivity contribution is 6.05. The molecular weight excluding hydrogens is 468 g/mol. The van der Waals surface area contributed by atoms with Gasteiger partial charge in [-0.15, -0.1) is 0 Å². The van der Waals surface area contributed by atoms with Crippen LogP contribution in [0.25, 0.3) is 0 Å². The van der Waals surface area contributed by atoms with Gasteiger partial charge >= 0.3 is 0 Å². The number of allylic oxidation sites excluding steroid dienone is 2. The van der Waals surface area contributed by atoms with E-state index < -0.39 is 0 Å². The Morgan fingerprint density at radius 1 is 1.08 bits per heavy atom. The molecule has 1 saturated heterocycles. The number of nitrogens with zero attached hydrogens (tertiary/aromatic N) is 2. The van der Waals surface area contributed by atoms with Crippen LogP contribution in [0.2, 0.25) is 0 Å². The molecule has 2 aromatic carbocycles. The SMILES string of the molecule is CC(NC(=O)c1cccc(N2NC(=O)C3CC=CCC3C2=O)c1)c1ccc(OCc2cccnc2)cc1. The topological polar surface area (TPSA) is 101 Å². The van der Waals surface area contributed by atoms with Crippen LogP contribution in [0.1, 0.15) is 47.3 Å². The maximum atomic E-state index is 13.1. The molecule has 5 rings (SSSR count). The number of nitrogens with one attached hydrogen (secondary N) is 2. The molecule has 3 amide bonds. The molecule has 3 unspecified atom stereocenters. The number of rotatable bonds is 7. The van der Waals surface area contributed by atoms with Crippen molar-refractivity contribution in [2.24, 2.45) is 11.8 Å². The van der Waals surface area contributed by atoms with Crippen molar-refractivity contribution in [1.29, 1.82) is 0 Å². The zero-order valence-electron chi connectivity index (χ0n) is 20.5. The maximum Gasteiger partial charge on any atom is 0.251 e. The van der Waals surface area contributed by atoms with E-state index in [1.54, 1.807) is 36.7 Å². The van der Waals surface area contributed by atoms with Crippen LogP contribution in [0.15, 0.2) is 85.2 Å². The lowest BCUT2D eigenvalue weighted by molar-refractivity contribution is -0.139. The zero-order valence-corrected chi connectivity index (χ0v) is 20.5. The molecule has 1 aromatic heterocycles. The number of aromatic nitrogens is 1. The molecule has 3 atom stereocenters. The predicted molar refractivity (Wildman–Crippen MR) is 138 cm³/mol. The lowest BCUT2D eigenvalue weighted by Gasteiger charge is -2.38. The second kappa shape index (κ2) is 10.7. The van der Waals surface area contributed by atoms with Gasteiger partial charge in [0.05, 0.1) is 23.6 Å². The third-order valence-electron chi connectivity index (χ3n) is 6.75. The molecule has 0 saturated carbocycles. The minimum atomic E-state index is -0.382. The smallest absolute Gasteiger partial charge is 0.251 e. The lowest BCUT2D eigenvalue weighted by atomic mass is 9.80. The molecule has 3 aromatic rings. The molecule has 0 radical (unpaired) electrons. The first kappa shape index (κ1) is 24.2.